The second kappa shape index (κ2) is 11.0. The van der Waals surface area contributed by atoms with Gasteiger partial charge < -0.3 is 15.1 Å². The SMILES string of the molecule is CCn1ccc(-c2cc(-c3cnn(C)c3)cc([C@@H](C)NC(=O)c3cc(N4CCN(C)CC4)cc(F)c3C)c2)n1. The Labute approximate surface area is 229 Å². The molecule has 1 aliphatic heterocycles. The Hall–Kier alpha value is -3.98. The lowest BCUT2D eigenvalue weighted by Gasteiger charge is -2.34. The molecule has 1 N–H and O–H groups in total. The minimum Gasteiger partial charge on any atom is -0.369 e. The van der Waals surface area contributed by atoms with Crippen molar-refractivity contribution >= 4 is 11.6 Å². The van der Waals surface area contributed by atoms with Crippen molar-refractivity contribution in [3.8, 4) is 22.4 Å². The average molecular weight is 530 g/mol. The molecular weight excluding hydrogens is 493 g/mol. The highest BCUT2D eigenvalue weighted by atomic mass is 19.1. The van der Waals surface area contributed by atoms with Crippen LogP contribution in [0.3, 0.4) is 0 Å². The van der Waals surface area contributed by atoms with E-state index < -0.39 is 0 Å². The fourth-order valence-electron chi connectivity index (χ4n) is 4.98. The van der Waals surface area contributed by atoms with Crippen LogP contribution < -0.4 is 10.2 Å². The van der Waals surface area contributed by atoms with E-state index in [1.54, 1.807) is 17.7 Å². The van der Waals surface area contributed by atoms with Crippen LogP contribution in [-0.2, 0) is 13.6 Å². The van der Waals surface area contributed by atoms with Gasteiger partial charge in [0.25, 0.3) is 5.91 Å². The van der Waals surface area contributed by atoms with Gasteiger partial charge in [-0.3, -0.25) is 14.2 Å². The molecular formula is C30H36FN7O. The summed E-state index contributed by atoms with van der Waals surface area (Å²) in [7, 11) is 3.97. The van der Waals surface area contributed by atoms with Crippen molar-refractivity contribution in [1.29, 1.82) is 0 Å². The van der Waals surface area contributed by atoms with Crippen LogP contribution in [-0.4, -0.2) is 63.6 Å². The smallest absolute Gasteiger partial charge is 0.252 e. The van der Waals surface area contributed by atoms with Gasteiger partial charge in [-0.15, -0.1) is 0 Å². The third-order valence-corrected chi connectivity index (χ3v) is 7.54. The number of carbonyl (C=O) groups is 1. The molecule has 1 saturated heterocycles. The number of nitrogens with zero attached hydrogens (tertiary/aromatic N) is 6. The molecule has 4 aromatic rings. The fourth-order valence-corrected chi connectivity index (χ4v) is 4.98. The van der Waals surface area contributed by atoms with E-state index in [-0.39, 0.29) is 17.8 Å². The van der Waals surface area contributed by atoms with E-state index in [1.165, 1.54) is 0 Å². The van der Waals surface area contributed by atoms with Crippen LogP contribution in [0.5, 0.6) is 0 Å². The standard InChI is InChI=1S/C30H36FN7O/c1-6-38-8-7-29(34-38)24-14-22(13-23(15-24)25-18-32-36(5)19-25)21(3)33-30(39)27-16-26(17-28(31)20(27)2)37-11-9-35(4)10-12-37/h7-8,13-19,21H,6,9-12H2,1-5H3,(H,33,39)/t21-/m1/s1. The fraction of sp³-hybridized carbons (Fsp3) is 0.367. The van der Waals surface area contributed by atoms with E-state index in [2.05, 4.69) is 57.5 Å². The number of halogens is 1. The van der Waals surface area contributed by atoms with Crippen molar-refractivity contribution in [3.63, 3.8) is 0 Å². The summed E-state index contributed by atoms with van der Waals surface area (Å²) in [4.78, 5) is 17.9. The van der Waals surface area contributed by atoms with Crippen LogP contribution in [0.25, 0.3) is 22.4 Å². The van der Waals surface area contributed by atoms with Crippen LogP contribution in [0, 0.1) is 12.7 Å². The highest BCUT2D eigenvalue weighted by molar-refractivity contribution is 5.97. The van der Waals surface area contributed by atoms with Gasteiger partial charge in [0, 0.05) is 74.5 Å². The molecule has 1 fully saturated rings. The number of benzene rings is 2. The quantitative estimate of drug-likeness (QED) is 0.377. The molecule has 9 heteroatoms. The zero-order valence-electron chi connectivity index (χ0n) is 23.3. The number of amides is 1. The Bertz CT molecular complexity index is 1480. The molecule has 1 amide bonds. The number of carbonyl (C=O) groups excluding carboxylic acids is 1. The van der Waals surface area contributed by atoms with E-state index in [0.717, 1.165) is 66.4 Å². The first-order chi connectivity index (χ1) is 18.7. The Kier molecular flexibility index (Phi) is 7.52. The topological polar surface area (TPSA) is 71.2 Å². The maximum Gasteiger partial charge on any atom is 0.252 e. The van der Waals surface area contributed by atoms with Crippen molar-refractivity contribution < 1.29 is 9.18 Å². The second-order valence-electron chi connectivity index (χ2n) is 10.4. The van der Waals surface area contributed by atoms with Crippen LogP contribution in [0.2, 0.25) is 0 Å². The monoisotopic (exact) mass is 529 g/mol. The lowest BCUT2D eigenvalue weighted by molar-refractivity contribution is 0.0938. The molecule has 0 aliphatic carbocycles. The molecule has 8 nitrogen and oxygen atoms in total. The first kappa shape index (κ1) is 26.6. The van der Waals surface area contributed by atoms with Crippen molar-refractivity contribution in [2.45, 2.75) is 33.4 Å². The molecule has 0 bridgehead atoms. The number of hydrogen-bond acceptors (Lipinski definition) is 5. The number of likely N-dealkylation sites (N-methyl/N-ethyl adjacent to an activating group) is 1. The average Bonchev–Trinajstić information content (AvgIpc) is 3.59. The van der Waals surface area contributed by atoms with E-state index in [9.17, 15) is 9.18 Å². The number of nitrogens with one attached hydrogen (secondary N) is 1. The minimum atomic E-state index is -0.364. The molecule has 1 atom stereocenters. The number of aromatic nitrogens is 4. The first-order valence-corrected chi connectivity index (χ1v) is 13.4. The van der Waals surface area contributed by atoms with Crippen molar-refractivity contribution in [2.75, 3.05) is 38.1 Å². The lowest BCUT2D eigenvalue weighted by atomic mass is 9.96. The van der Waals surface area contributed by atoms with Gasteiger partial charge in [0.05, 0.1) is 17.9 Å². The molecule has 204 valence electrons. The number of hydrogen-bond donors (Lipinski definition) is 1. The van der Waals surface area contributed by atoms with E-state index >= 15 is 0 Å². The van der Waals surface area contributed by atoms with Crippen molar-refractivity contribution in [1.82, 2.24) is 29.8 Å². The molecule has 0 spiro atoms. The van der Waals surface area contributed by atoms with Crippen LogP contribution in [0.1, 0.15) is 41.4 Å². The van der Waals surface area contributed by atoms with Gasteiger partial charge in [0.15, 0.2) is 0 Å². The molecule has 5 rings (SSSR count). The van der Waals surface area contributed by atoms with Gasteiger partial charge in [0.1, 0.15) is 5.82 Å². The summed E-state index contributed by atoms with van der Waals surface area (Å²) in [5.74, 6) is -0.657. The van der Waals surface area contributed by atoms with Gasteiger partial charge in [-0.25, -0.2) is 4.39 Å². The molecule has 0 saturated carbocycles. The summed E-state index contributed by atoms with van der Waals surface area (Å²) in [6.07, 6.45) is 5.75. The van der Waals surface area contributed by atoms with Crippen molar-refractivity contribution in [3.05, 3.63) is 77.5 Å². The number of aryl methyl sites for hydroxylation is 2. The summed E-state index contributed by atoms with van der Waals surface area (Å²) < 4.78 is 18.6. The lowest BCUT2D eigenvalue weighted by Crippen LogP contribution is -2.44. The number of rotatable bonds is 7. The minimum absolute atomic E-state index is 0.293. The van der Waals surface area contributed by atoms with E-state index in [1.807, 2.05) is 49.4 Å². The molecule has 0 radical (unpaired) electrons. The summed E-state index contributed by atoms with van der Waals surface area (Å²) in [6.45, 7) is 9.85. The van der Waals surface area contributed by atoms with Crippen LogP contribution in [0.4, 0.5) is 10.1 Å². The molecule has 39 heavy (non-hydrogen) atoms. The summed E-state index contributed by atoms with van der Waals surface area (Å²) in [6, 6.07) is 11.2. The summed E-state index contributed by atoms with van der Waals surface area (Å²) >= 11 is 0. The third kappa shape index (κ3) is 5.73. The van der Waals surface area contributed by atoms with Crippen LogP contribution >= 0.6 is 0 Å². The largest absolute Gasteiger partial charge is 0.369 e. The zero-order valence-corrected chi connectivity index (χ0v) is 23.3. The Morgan fingerprint density at radius 2 is 1.79 bits per heavy atom. The van der Waals surface area contributed by atoms with Gasteiger partial charge in [-0.2, -0.15) is 10.2 Å². The van der Waals surface area contributed by atoms with Gasteiger partial charge >= 0.3 is 0 Å². The Morgan fingerprint density at radius 3 is 2.46 bits per heavy atom. The molecule has 2 aromatic carbocycles. The normalized spacial score (nSPS) is 15.0. The van der Waals surface area contributed by atoms with E-state index in [0.29, 0.717) is 11.1 Å². The molecule has 1 aliphatic rings. The van der Waals surface area contributed by atoms with Gasteiger partial charge in [-0.05, 0) is 80.9 Å². The molecule has 0 unspecified atom stereocenters. The Morgan fingerprint density at radius 1 is 1.05 bits per heavy atom. The second-order valence-corrected chi connectivity index (χ2v) is 10.4. The third-order valence-electron chi connectivity index (χ3n) is 7.54. The number of piperazine rings is 1. The number of anilines is 1. The first-order valence-electron chi connectivity index (χ1n) is 13.4. The molecule has 2 aromatic heterocycles. The summed E-state index contributed by atoms with van der Waals surface area (Å²) in [5.41, 5.74) is 6.18. The van der Waals surface area contributed by atoms with Crippen molar-refractivity contribution in [2.24, 2.45) is 7.05 Å². The van der Waals surface area contributed by atoms with Gasteiger partial charge in [0.2, 0.25) is 0 Å². The maximum absolute atomic E-state index is 15.0. The maximum atomic E-state index is 15.0. The predicted octanol–water partition coefficient (Wildman–Crippen LogP) is 4.66. The highest BCUT2D eigenvalue weighted by Crippen LogP contribution is 2.31. The summed E-state index contributed by atoms with van der Waals surface area (Å²) in [5, 5.41) is 12.1. The zero-order chi connectivity index (χ0) is 27.7. The molecule has 3 heterocycles. The van der Waals surface area contributed by atoms with Crippen LogP contribution in [0.15, 0.2) is 55.0 Å². The highest BCUT2D eigenvalue weighted by Gasteiger charge is 2.21. The van der Waals surface area contributed by atoms with E-state index in [4.69, 9.17) is 0 Å². The predicted molar refractivity (Wildman–Crippen MR) is 152 cm³/mol. The van der Waals surface area contributed by atoms with Gasteiger partial charge in [-0.1, -0.05) is 0 Å². The Balaban J connectivity index is 1.45.